The van der Waals surface area contributed by atoms with E-state index >= 15 is 0 Å². The molecule has 0 aliphatic carbocycles. The quantitative estimate of drug-likeness (QED) is 0.272. The molecule has 3 rings (SSSR count). The van der Waals surface area contributed by atoms with Crippen molar-refractivity contribution in [3.05, 3.63) is 106 Å². The van der Waals surface area contributed by atoms with Crippen molar-refractivity contribution in [2.24, 2.45) is 0 Å². The van der Waals surface area contributed by atoms with Gasteiger partial charge in [0.2, 0.25) is 0 Å². The minimum Gasteiger partial charge on any atom is -0.0654 e. The van der Waals surface area contributed by atoms with Crippen molar-refractivity contribution in [1.82, 2.24) is 0 Å². The number of benzene rings is 3. The van der Waals surface area contributed by atoms with E-state index in [1.807, 2.05) is 0 Å². The standard InChI is InChI=1S/C32H34/c1-4-7-8-10-27-13-17-28(18-14-27)19-20-30-22-24-32(31(6-3)25-30)23-21-29-15-11-26(9-5-2)12-16-29/h11-18,22,24-25H,4-10H2,1-3H3. The molecule has 0 saturated heterocycles. The summed E-state index contributed by atoms with van der Waals surface area (Å²) in [6, 6.07) is 23.7. The van der Waals surface area contributed by atoms with Gasteiger partial charge in [-0.25, -0.2) is 0 Å². The maximum absolute atomic E-state index is 3.36. The van der Waals surface area contributed by atoms with Crippen molar-refractivity contribution in [1.29, 1.82) is 0 Å². The second-order valence-corrected chi connectivity index (χ2v) is 8.33. The molecule has 0 unspecified atom stereocenters. The lowest BCUT2D eigenvalue weighted by molar-refractivity contribution is 0.717. The second-order valence-electron chi connectivity index (χ2n) is 8.33. The summed E-state index contributed by atoms with van der Waals surface area (Å²) in [6.45, 7) is 6.63. The van der Waals surface area contributed by atoms with Crippen LogP contribution in [0.15, 0.2) is 66.7 Å². The van der Waals surface area contributed by atoms with Crippen LogP contribution in [0.5, 0.6) is 0 Å². The Labute approximate surface area is 195 Å². The lowest BCUT2D eigenvalue weighted by Gasteiger charge is -2.03. The van der Waals surface area contributed by atoms with Gasteiger partial charge in [0, 0.05) is 22.3 Å². The van der Waals surface area contributed by atoms with Crippen LogP contribution in [0, 0.1) is 23.7 Å². The Morgan fingerprint density at radius 1 is 0.531 bits per heavy atom. The van der Waals surface area contributed by atoms with Crippen molar-refractivity contribution >= 4 is 0 Å². The van der Waals surface area contributed by atoms with E-state index in [0.717, 1.165) is 41.5 Å². The molecule has 0 nitrogen and oxygen atoms in total. The summed E-state index contributed by atoms with van der Waals surface area (Å²) >= 11 is 0. The van der Waals surface area contributed by atoms with Crippen LogP contribution in [0.4, 0.5) is 0 Å². The van der Waals surface area contributed by atoms with Crippen molar-refractivity contribution in [3.8, 4) is 23.7 Å². The first-order valence-corrected chi connectivity index (χ1v) is 12.1. The van der Waals surface area contributed by atoms with Gasteiger partial charge in [0.15, 0.2) is 0 Å². The number of rotatable bonds is 7. The Bertz CT molecular complexity index is 1110. The molecule has 0 bridgehead atoms. The highest BCUT2D eigenvalue weighted by molar-refractivity contribution is 5.52. The Morgan fingerprint density at radius 3 is 1.69 bits per heavy atom. The van der Waals surface area contributed by atoms with Crippen LogP contribution in [-0.4, -0.2) is 0 Å². The first kappa shape index (κ1) is 23.4. The van der Waals surface area contributed by atoms with E-state index in [0.29, 0.717) is 0 Å². The summed E-state index contributed by atoms with van der Waals surface area (Å²) < 4.78 is 0. The van der Waals surface area contributed by atoms with E-state index in [2.05, 4.69) is 111 Å². The molecular formula is C32H34. The van der Waals surface area contributed by atoms with Gasteiger partial charge in [-0.05, 0) is 84.8 Å². The lowest BCUT2D eigenvalue weighted by atomic mass is 10.0. The molecule has 0 N–H and O–H groups in total. The van der Waals surface area contributed by atoms with Crippen LogP contribution in [0.2, 0.25) is 0 Å². The number of aryl methyl sites for hydroxylation is 3. The Kier molecular flexibility index (Phi) is 9.22. The smallest absolute Gasteiger partial charge is 0.0281 e. The maximum Gasteiger partial charge on any atom is 0.0281 e. The van der Waals surface area contributed by atoms with E-state index in [-0.39, 0.29) is 0 Å². The molecule has 0 radical (unpaired) electrons. The fraction of sp³-hybridized carbons (Fsp3) is 0.312. The number of hydrogen-bond acceptors (Lipinski definition) is 0. The largest absolute Gasteiger partial charge is 0.0654 e. The lowest BCUT2D eigenvalue weighted by Crippen LogP contribution is -1.90. The molecular weight excluding hydrogens is 384 g/mol. The van der Waals surface area contributed by atoms with E-state index < -0.39 is 0 Å². The Hall–Kier alpha value is -3.22. The van der Waals surface area contributed by atoms with Crippen molar-refractivity contribution in [2.75, 3.05) is 0 Å². The minimum atomic E-state index is 0.946. The molecule has 3 aromatic rings. The summed E-state index contributed by atoms with van der Waals surface area (Å²) in [5, 5.41) is 0. The molecule has 0 heterocycles. The Morgan fingerprint density at radius 2 is 1.09 bits per heavy atom. The third-order valence-corrected chi connectivity index (χ3v) is 5.69. The first-order valence-electron chi connectivity index (χ1n) is 12.1. The molecule has 0 heteroatoms. The molecule has 0 atom stereocenters. The molecule has 3 aromatic carbocycles. The molecule has 0 aliphatic rings. The predicted molar refractivity (Wildman–Crippen MR) is 138 cm³/mol. The van der Waals surface area contributed by atoms with Gasteiger partial charge in [-0.1, -0.05) is 88.0 Å². The summed E-state index contributed by atoms with van der Waals surface area (Å²) in [5.41, 5.74) is 8.29. The van der Waals surface area contributed by atoms with Gasteiger partial charge in [-0.3, -0.25) is 0 Å². The number of hydrogen-bond donors (Lipinski definition) is 0. The van der Waals surface area contributed by atoms with E-state index in [1.165, 1.54) is 42.4 Å². The molecule has 0 saturated carbocycles. The first-order chi connectivity index (χ1) is 15.7. The van der Waals surface area contributed by atoms with Gasteiger partial charge in [0.05, 0.1) is 0 Å². The van der Waals surface area contributed by atoms with E-state index in [9.17, 15) is 0 Å². The summed E-state index contributed by atoms with van der Waals surface area (Å²) in [4.78, 5) is 0. The van der Waals surface area contributed by atoms with Crippen molar-refractivity contribution in [2.45, 2.75) is 65.7 Å². The third-order valence-electron chi connectivity index (χ3n) is 5.69. The molecule has 0 aromatic heterocycles. The zero-order valence-electron chi connectivity index (χ0n) is 19.8. The van der Waals surface area contributed by atoms with Gasteiger partial charge >= 0.3 is 0 Å². The maximum atomic E-state index is 3.36. The number of unbranched alkanes of at least 4 members (excludes halogenated alkanes) is 2. The minimum absolute atomic E-state index is 0.946. The second kappa shape index (κ2) is 12.6. The monoisotopic (exact) mass is 418 g/mol. The van der Waals surface area contributed by atoms with Crippen molar-refractivity contribution in [3.63, 3.8) is 0 Å². The van der Waals surface area contributed by atoms with E-state index in [4.69, 9.17) is 0 Å². The van der Waals surface area contributed by atoms with Crippen LogP contribution >= 0.6 is 0 Å². The highest BCUT2D eigenvalue weighted by Gasteiger charge is 2.00. The molecule has 0 aliphatic heterocycles. The molecule has 0 amide bonds. The zero-order valence-corrected chi connectivity index (χ0v) is 19.8. The molecule has 32 heavy (non-hydrogen) atoms. The predicted octanol–water partition coefficient (Wildman–Crippen LogP) is 7.73. The van der Waals surface area contributed by atoms with Crippen LogP contribution in [0.3, 0.4) is 0 Å². The average Bonchev–Trinajstić information content (AvgIpc) is 2.83. The van der Waals surface area contributed by atoms with Crippen LogP contribution in [-0.2, 0) is 19.3 Å². The molecule has 0 spiro atoms. The SMILES string of the molecule is CCCCCc1ccc(C#Cc2ccc(C#Cc3ccc(CCC)cc3)c(CC)c2)cc1. The third kappa shape index (κ3) is 7.18. The fourth-order valence-electron chi connectivity index (χ4n) is 3.75. The summed E-state index contributed by atoms with van der Waals surface area (Å²) in [5.74, 6) is 13.3. The highest BCUT2D eigenvalue weighted by atomic mass is 14.0. The zero-order chi connectivity index (χ0) is 22.6. The van der Waals surface area contributed by atoms with Crippen LogP contribution in [0.1, 0.15) is 85.4 Å². The van der Waals surface area contributed by atoms with Crippen LogP contribution < -0.4 is 0 Å². The highest BCUT2D eigenvalue weighted by Crippen LogP contribution is 2.13. The Balaban J connectivity index is 1.70. The van der Waals surface area contributed by atoms with Gasteiger partial charge in [0.25, 0.3) is 0 Å². The molecule has 0 fully saturated rings. The van der Waals surface area contributed by atoms with Gasteiger partial charge in [-0.15, -0.1) is 0 Å². The fourth-order valence-corrected chi connectivity index (χ4v) is 3.75. The van der Waals surface area contributed by atoms with Gasteiger partial charge in [-0.2, -0.15) is 0 Å². The van der Waals surface area contributed by atoms with Crippen molar-refractivity contribution < 1.29 is 0 Å². The van der Waals surface area contributed by atoms with Gasteiger partial charge in [0.1, 0.15) is 0 Å². The summed E-state index contributed by atoms with van der Waals surface area (Å²) in [6.07, 6.45) is 8.23. The average molecular weight is 419 g/mol. The normalized spacial score (nSPS) is 10.1. The topological polar surface area (TPSA) is 0 Å². The van der Waals surface area contributed by atoms with Gasteiger partial charge < -0.3 is 0 Å². The summed E-state index contributed by atoms with van der Waals surface area (Å²) in [7, 11) is 0. The van der Waals surface area contributed by atoms with E-state index in [1.54, 1.807) is 0 Å². The van der Waals surface area contributed by atoms with Crippen LogP contribution in [0.25, 0.3) is 0 Å². The molecule has 162 valence electrons.